The molecule has 1 amide bonds. The van der Waals surface area contributed by atoms with E-state index in [1.807, 2.05) is 11.8 Å². The highest BCUT2D eigenvalue weighted by molar-refractivity contribution is 5.86. The fourth-order valence-electron chi connectivity index (χ4n) is 3.01. The Bertz CT molecular complexity index is 364. The average Bonchev–Trinajstić information content (AvgIpc) is 3.20. The second-order valence-electron chi connectivity index (χ2n) is 6.25. The smallest absolute Gasteiger partial charge is 0.303 e. The maximum atomic E-state index is 12.5. The summed E-state index contributed by atoms with van der Waals surface area (Å²) in [6.45, 7) is 3.28. The third-order valence-corrected chi connectivity index (χ3v) is 4.46. The van der Waals surface area contributed by atoms with Crippen LogP contribution < -0.4 is 5.73 Å². The number of hydrogen-bond acceptors (Lipinski definition) is 3. The predicted octanol–water partition coefficient (Wildman–Crippen LogP) is 1.22. The summed E-state index contributed by atoms with van der Waals surface area (Å²) in [6.07, 6.45) is 4.92. The molecule has 1 aliphatic heterocycles. The highest BCUT2D eigenvalue weighted by atomic mass is 16.4. The van der Waals surface area contributed by atoms with Gasteiger partial charge in [-0.3, -0.25) is 9.59 Å². The molecule has 2 aliphatic rings. The van der Waals surface area contributed by atoms with Gasteiger partial charge in [-0.05, 0) is 50.9 Å². The van der Waals surface area contributed by atoms with Gasteiger partial charge in [0.1, 0.15) is 0 Å². The number of aliphatic carboxylic acids is 1. The quantitative estimate of drug-likeness (QED) is 0.785. The predicted molar refractivity (Wildman–Crippen MR) is 71.5 cm³/mol. The molecule has 0 bridgehead atoms. The van der Waals surface area contributed by atoms with Gasteiger partial charge >= 0.3 is 5.97 Å². The molecule has 2 rings (SSSR count). The van der Waals surface area contributed by atoms with Crippen molar-refractivity contribution in [3.05, 3.63) is 0 Å². The van der Waals surface area contributed by atoms with E-state index < -0.39 is 11.5 Å². The molecule has 1 heterocycles. The first-order chi connectivity index (χ1) is 8.91. The molecule has 5 heteroatoms. The first-order valence-corrected chi connectivity index (χ1v) is 7.21. The van der Waals surface area contributed by atoms with Crippen molar-refractivity contribution in [1.82, 2.24) is 4.90 Å². The molecule has 108 valence electrons. The van der Waals surface area contributed by atoms with Gasteiger partial charge in [0.25, 0.3) is 0 Å². The van der Waals surface area contributed by atoms with E-state index in [1.54, 1.807) is 0 Å². The Kier molecular flexibility index (Phi) is 4.13. The molecule has 2 atom stereocenters. The Labute approximate surface area is 114 Å². The second-order valence-corrected chi connectivity index (χ2v) is 6.25. The van der Waals surface area contributed by atoms with Crippen molar-refractivity contribution in [3.8, 4) is 0 Å². The normalized spacial score (nSPS) is 26.8. The van der Waals surface area contributed by atoms with E-state index in [1.165, 1.54) is 0 Å². The summed E-state index contributed by atoms with van der Waals surface area (Å²) in [5, 5.41) is 8.73. The Morgan fingerprint density at radius 3 is 2.63 bits per heavy atom. The first kappa shape index (κ1) is 14.3. The van der Waals surface area contributed by atoms with Crippen LogP contribution in [0.1, 0.15) is 45.4 Å². The minimum atomic E-state index is -0.759. The van der Waals surface area contributed by atoms with E-state index in [4.69, 9.17) is 10.8 Å². The monoisotopic (exact) mass is 268 g/mol. The number of nitrogens with two attached hydrogens (primary N) is 1. The fraction of sp³-hybridized carbons (Fsp3) is 0.857. The summed E-state index contributed by atoms with van der Waals surface area (Å²) in [7, 11) is 0. The van der Waals surface area contributed by atoms with Crippen LogP contribution in [0.5, 0.6) is 0 Å². The summed E-state index contributed by atoms with van der Waals surface area (Å²) >= 11 is 0. The van der Waals surface area contributed by atoms with Crippen LogP contribution in [0.15, 0.2) is 0 Å². The third-order valence-electron chi connectivity index (χ3n) is 4.46. The lowest BCUT2D eigenvalue weighted by Crippen LogP contribution is -2.56. The minimum absolute atomic E-state index is 0.0509. The summed E-state index contributed by atoms with van der Waals surface area (Å²) < 4.78 is 0. The number of carboxylic acids is 1. The lowest BCUT2D eigenvalue weighted by molar-refractivity contribution is -0.139. The molecule has 2 unspecified atom stereocenters. The van der Waals surface area contributed by atoms with Gasteiger partial charge in [0.2, 0.25) is 5.91 Å². The number of amides is 1. The van der Waals surface area contributed by atoms with Crippen LogP contribution in [0.2, 0.25) is 0 Å². The minimum Gasteiger partial charge on any atom is -0.481 e. The topological polar surface area (TPSA) is 83.6 Å². The largest absolute Gasteiger partial charge is 0.481 e. The van der Waals surface area contributed by atoms with E-state index in [0.29, 0.717) is 24.8 Å². The van der Waals surface area contributed by atoms with Gasteiger partial charge in [0, 0.05) is 19.5 Å². The highest BCUT2D eigenvalue weighted by Crippen LogP contribution is 2.39. The maximum absolute atomic E-state index is 12.5. The molecule has 19 heavy (non-hydrogen) atoms. The molecule has 2 fully saturated rings. The molecule has 1 aliphatic carbocycles. The fourth-order valence-corrected chi connectivity index (χ4v) is 3.01. The van der Waals surface area contributed by atoms with E-state index in [0.717, 1.165) is 32.2 Å². The van der Waals surface area contributed by atoms with Gasteiger partial charge < -0.3 is 15.7 Å². The number of rotatable bonds is 5. The lowest BCUT2D eigenvalue weighted by Gasteiger charge is -2.37. The Morgan fingerprint density at radius 2 is 2.05 bits per heavy atom. The van der Waals surface area contributed by atoms with Crippen LogP contribution in [0.4, 0.5) is 0 Å². The molecule has 0 aromatic heterocycles. The molecular weight excluding hydrogens is 244 g/mol. The van der Waals surface area contributed by atoms with Gasteiger partial charge in [-0.15, -0.1) is 0 Å². The van der Waals surface area contributed by atoms with E-state index in [2.05, 4.69) is 0 Å². The Hall–Kier alpha value is -1.10. The summed E-state index contributed by atoms with van der Waals surface area (Å²) in [6, 6.07) is 0. The van der Waals surface area contributed by atoms with Crippen molar-refractivity contribution in [2.75, 3.05) is 13.1 Å². The van der Waals surface area contributed by atoms with E-state index in [-0.39, 0.29) is 12.3 Å². The van der Waals surface area contributed by atoms with Crippen molar-refractivity contribution in [3.63, 3.8) is 0 Å². The maximum Gasteiger partial charge on any atom is 0.303 e. The molecule has 5 nitrogen and oxygen atoms in total. The van der Waals surface area contributed by atoms with Crippen molar-refractivity contribution in [2.24, 2.45) is 17.6 Å². The molecular formula is C14H24N2O3. The highest BCUT2D eigenvalue weighted by Gasteiger charge is 2.46. The molecule has 3 N–H and O–H groups in total. The molecule has 1 saturated heterocycles. The zero-order valence-corrected chi connectivity index (χ0v) is 11.6. The van der Waals surface area contributed by atoms with Crippen LogP contribution in [-0.2, 0) is 9.59 Å². The van der Waals surface area contributed by atoms with Crippen LogP contribution in [0.25, 0.3) is 0 Å². The molecule has 0 aromatic carbocycles. The van der Waals surface area contributed by atoms with Gasteiger partial charge in [-0.2, -0.15) is 0 Å². The van der Waals surface area contributed by atoms with Crippen LogP contribution in [-0.4, -0.2) is 40.5 Å². The van der Waals surface area contributed by atoms with Crippen LogP contribution >= 0.6 is 0 Å². The zero-order chi connectivity index (χ0) is 14.0. The van der Waals surface area contributed by atoms with Crippen molar-refractivity contribution >= 4 is 11.9 Å². The van der Waals surface area contributed by atoms with Crippen LogP contribution in [0.3, 0.4) is 0 Å². The molecule has 1 saturated carbocycles. The van der Waals surface area contributed by atoms with Gasteiger partial charge in [-0.25, -0.2) is 0 Å². The van der Waals surface area contributed by atoms with Crippen molar-refractivity contribution in [1.29, 1.82) is 0 Å². The van der Waals surface area contributed by atoms with E-state index >= 15 is 0 Å². The summed E-state index contributed by atoms with van der Waals surface area (Å²) in [5.74, 6) is -0.0664. The second kappa shape index (κ2) is 5.49. The van der Waals surface area contributed by atoms with Crippen molar-refractivity contribution < 1.29 is 14.7 Å². The molecule has 0 aromatic rings. The van der Waals surface area contributed by atoms with Gasteiger partial charge in [-0.1, -0.05) is 0 Å². The van der Waals surface area contributed by atoms with E-state index in [9.17, 15) is 9.59 Å². The number of likely N-dealkylation sites (tertiary alicyclic amines) is 1. The number of piperidine rings is 1. The number of carboxylic acid groups (broad SMARTS) is 1. The Balaban J connectivity index is 1.89. The SMILES string of the molecule is CC(N)(C(=O)N1CCCC(CCC(=O)O)C1)C1CC1. The zero-order valence-electron chi connectivity index (χ0n) is 11.6. The first-order valence-electron chi connectivity index (χ1n) is 7.21. The number of nitrogens with zero attached hydrogens (tertiary/aromatic N) is 1. The molecule has 0 radical (unpaired) electrons. The lowest BCUT2D eigenvalue weighted by atomic mass is 9.90. The average molecular weight is 268 g/mol. The Morgan fingerprint density at radius 1 is 1.37 bits per heavy atom. The number of carbonyl (C=O) groups excluding carboxylic acids is 1. The number of hydrogen-bond donors (Lipinski definition) is 2. The molecule has 0 spiro atoms. The van der Waals surface area contributed by atoms with Crippen molar-refractivity contribution in [2.45, 2.75) is 51.0 Å². The summed E-state index contributed by atoms with van der Waals surface area (Å²) in [4.78, 5) is 24.9. The summed E-state index contributed by atoms with van der Waals surface area (Å²) in [5.41, 5.74) is 5.45. The standard InChI is InChI=1S/C14H24N2O3/c1-14(15,11-5-6-11)13(19)16-8-2-3-10(9-16)4-7-12(17)18/h10-11H,2-9,15H2,1H3,(H,17,18). The van der Waals surface area contributed by atoms with Gasteiger partial charge in [0.15, 0.2) is 0 Å². The number of carbonyl (C=O) groups is 2. The van der Waals surface area contributed by atoms with Gasteiger partial charge in [0.05, 0.1) is 5.54 Å². The third kappa shape index (κ3) is 3.47. The van der Waals surface area contributed by atoms with Crippen LogP contribution in [0, 0.1) is 11.8 Å².